The van der Waals surface area contributed by atoms with Gasteiger partial charge >= 0.3 is 0 Å². The number of benzene rings is 2. The van der Waals surface area contributed by atoms with Gasteiger partial charge in [0.1, 0.15) is 5.75 Å². The third-order valence-corrected chi connectivity index (χ3v) is 2.93. The molecule has 0 heterocycles. The zero-order valence-corrected chi connectivity index (χ0v) is 9.53. The van der Waals surface area contributed by atoms with Gasteiger partial charge in [0, 0.05) is 15.7 Å². The van der Waals surface area contributed by atoms with Gasteiger partial charge in [0.2, 0.25) is 0 Å². The van der Waals surface area contributed by atoms with Gasteiger partial charge in [-0.3, -0.25) is 0 Å². The van der Waals surface area contributed by atoms with E-state index >= 15 is 0 Å². The van der Waals surface area contributed by atoms with Crippen molar-refractivity contribution in [2.24, 2.45) is 0 Å². The number of nitrogen functional groups attached to an aromatic ring is 1. The zero-order valence-electron chi connectivity index (χ0n) is 7.94. The second-order valence-electron chi connectivity index (χ2n) is 3.25. The third-order valence-electron chi connectivity index (χ3n) is 2.21. The van der Waals surface area contributed by atoms with Crippen molar-refractivity contribution < 1.29 is 5.11 Å². The van der Waals surface area contributed by atoms with Gasteiger partial charge in [-0.25, -0.2) is 0 Å². The molecule has 0 aliphatic rings. The highest BCUT2D eigenvalue weighted by molar-refractivity contribution is 9.10. The van der Waals surface area contributed by atoms with Crippen molar-refractivity contribution in [3.05, 3.63) is 46.9 Å². The van der Waals surface area contributed by atoms with E-state index in [0.29, 0.717) is 5.69 Å². The minimum atomic E-state index is 0.263. The summed E-state index contributed by atoms with van der Waals surface area (Å²) in [5, 5.41) is 9.67. The topological polar surface area (TPSA) is 46.2 Å². The summed E-state index contributed by atoms with van der Waals surface area (Å²) in [6.45, 7) is 0. The molecule has 0 saturated heterocycles. The van der Waals surface area contributed by atoms with Crippen LogP contribution in [0.4, 0.5) is 5.69 Å². The second-order valence-corrected chi connectivity index (χ2v) is 4.11. The molecule has 0 atom stereocenters. The average Bonchev–Trinajstić information content (AvgIpc) is 2.23. The molecule has 2 aromatic rings. The molecule has 3 N–H and O–H groups in total. The molecule has 2 nitrogen and oxygen atoms in total. The van der Waals surface area contributed by atoms with Crippen LogP contribution in [0.3, 0.4) is 0 Å². The smallest absolute Gasteiger partial charge is 0.123 e. The predicted molar refractivity (Wildman–Crippen MR) is 65.7 cm³/mol. The van der Waals surface area contributed by atoms with Crippen LogP contribution in [-0.4, -0.2) is 5.11 Å². The van der Waals surface area contributed by atoms with E-state index < -0.39 is 0 Å². The number of hydrogen-bond acceptors (Lipinski definition) is 2. The van der Waals surface area contributed by atoms with E-state index in [9.17, 15) is 5.11 Å². The maximum Gasteiger partial charge on any atom is 0.123 e. The Kier molecular flexibility index (Phi) is 2.64. The molecule has 0 bridgehead atoms. The predicted octanol–water partition coefficient (Wildman–Crippen LogP) is 3.40. The van der Waals surface area contributed by atoms with Crippen molar-refractivity contribution in [1.82, 2.24) is 0 Å². The Bertz CT molecular complexity index is 497. The molecule has 0 aliphatic heterocycles. The van der Waals surface area contributed by atoms with Crippen LogP contribution in [0, 0.1) is 0 Å². The monoisotopic (exact) mass is 263 g/mol. The molecule has 0 aliphatic carbocycles. The highest BCUT2D eigenvalue weighted by Crippen LogP contribution is 2.32. The summed E-state index contributed by atoms with van der Waals surface area (Å²) < 4.78 is 0.863. The Morgan fingerprint density at radius 3 is 2.47 bits per heavy atom. The second kappa shape index (κ2) is 3.95. The molecule has 0 unspecified atom stereocenters. The van der Waals surface area contributed by atoms with Crippen LogP contribution >= 0.6 is 15.9 Å². The van der Waals surface area contributed by atoms with E-state index in [2.05, 4.69) is 15.9 Å². The lowest BCUT2D eigenvalue weighted by Crippen LogP contribution is -1.87. The van der Waals surface area contributed by atoms with Gasteiger partial charge in [-0.2, -0.15) is 0 Å². The Balaban J connectivity index is 2.55. The van der Waals surface area contributed by atoms with Crippen LogP contribution in [0.1, 0.15) is 0 Å². The molecular weight excluding hydrogens is 254 g/mol. The lowest BCUT2D eigenvalue weighted by atomic mass is 10.0. The number of rotatable bonds is 1. The van der Waals surface area contributed by atoms with E-state index in [1.54, 1.807) is 12.1 Å². The van der Waals surface area contributed by atoms with Gasteiger partial charge in [0.15, 0.2) is 0 Å². The highest BCUT2D eigenvalue weighted by Gasteiger charge is 2.04. The molecule has 0 radical (unpaired) electrons. The van der Waals surface area contributed by atoms with Crippen LogP contribution in [0.2, 0.25) is 0 Å². The molecule has 2 rings (SSSR count). The first-order valence-electron chi connectivity index (χ1n) is 4.52. The number of hydrogen-bond donors (Lipinski definition) is 2. The van der Waals surface area contributed by atoms with Gasteiger partial charge < -0.3 is 10.8 Å². The van der Waals surface area contributed by atoms with Crippen molar-refractivity contribution in [3.8, 4) is 16.9 Å². The highest BCUT2D eigenvalue weighted by atomic mass is 79.9. The molecule has 0 saturated carbocycles. The van der Waals surface area contributed by atoms with Crippen LogP contribution in [0.25, 0.3) is 11.1 Å². The molecule has 15 heavy (non-hydrogen) atoms. The Morgan fingerprint density at radius 1 is 1.07 bits per heavy atom. The molecule has 0 fully saturated rings. The maximum absolute atomic E-state index is 9.67. The molecule has 3 heteroatoms. The van der Waals surface area contributed by atoms with Crippen LogP contribution in [0.5, 0.6) is 5.75 Å². The Morgan fingerprint density at radius 2 is 1.80 bits per heavy atom. The van der Waals surface area contributed by atoms with E-state index in [4.69, 9.17) is 5.73 Å². The largest absolute Gasteiger partial charge is 0.507 e. The summed E-state index contributed by atoms with van der Waals surface area (Å²) in [7, 11) is 0. The molecular formula is C12H10BrNO. The van der Waals surface area contributed by atoms with Gasteiger partial charge in [-0.1, -0.05) is 24.3 Å². The number of halogens is 1. The third kappa shape index (κ3) is 1.97. The minimum absolute atomic E-state index is 0.263. The standard InChI is InChI=1S/C12H10BrNO/c13-10-6-5-8(7-11(10)14)9-3-1-2-4-12(9)15/h1-7,15H,14H2. The average molecular weight is 264 g/mol. The lowest BCUT2D eigenvalue weighted by molar-refractivity contribution is 0.477. The fourth-order valence-electron chi connectivity index (χ4n) is 1.43. The summed E-state index contributed by atoms with van der Waals surface area (Å²) in [6, 6.07) is 12.8. The van der Waals surface area contributed by atoms with Crippen LogP contribution in [-0.2, 0) is 0 Å². The van der Waals surface area contributed by atoms with Crippen molar-refractivity contribution in [3.63, 3.8) is 0 Å². The molecule has 2 aromatic carbocycles. The number of aromatic hydroxyl groups is 1. The van der Waals surface area contributed by atoms with E-state index in [1.807, 2.05) is 30.3 Å². The minimum Gasteiger partial charge on any atom is -0.507 e. The van der Waals surface area contributed by atoms with Gasteiger partial charge in [-0.05, 0) is 39.7 Å². The normalized spacial score (nSPS) is 10.2. The maximum atomic E-state index is 9.67. The molecule has 0 spiro atoms. The SMILES string of the molecule is Nc1cc(-c2ccccc2O)ccc1Br. The van der Waals surface area contributed by atoms with E-state index in [-0.39, 0.29) is 5.75 Å². The summed E-state index contributed by atoms with van der Waals surface area (Å²) in [6.07, 6.45) is 0. The van der Waals surface area contributed by atoms with Crippen LogP contribution in [0.15, 0.2) is 46.9 Å². The summed E-state index contributed by atoms with van der Waals surface area (Å²) >= 11 is 3.33. The first-order chi connectivity index (χ1) is 7.18. The van der Waals surface area contributed by atoms with E-state index in [1.165, 1.54) is 0 Å². The molecule has 76 valence electrons. The summed E-state index contributed by atoms with van der Waals surface area (Å²) in [5.41, 5.74) is 8.14. The van der Waals surface area contributed by atoms with Crippen molar-refractivity contribution in [1.29, 1.82) is 0 Å². The van der Waals surface area contributed by atoms with Crippen molar-refractivity contribution in [2.75, 3.05) is 5.73 Å². The fourth-order valence-corrected chi connectivity index (χ4v) is 1.68. The fraction of sp³-hybridized carbons (Fsp3) is 0. The van der Waals surface area contributed by atoms with Crippen LogP contribution < -0.4 is 5.73 Å². The summed E-state index contributed by atoms with van der Waals surface area (Å²) in [5.74, 6) is 0.263. The molecule has 0 amide bonds. The lowest BCUT2D eigenvalue weighted by Gasteiger charge is -2.06. The van der Waals surface area contributed by atoms with Crippen molar-refractivity contribution >= 4 is 21.6 Å². The first-order valence-corrected chi connectivity index (χ1v) is 5.31. The summed E-state index contributed by atoms with van der Waals surface area (Å²) in [4.78, 5) is 0. The van der Waals surface area contributed by atoms with Gasteiger partial charge in [-0.15, -0.1) is 0 Å². The number of nitrogens with two attached hydrogens (primary N) is 1. The van der Waals surface area contributed by atoms with Gasteiger partial charge in [0.25, 0.3) is 0 Å². The first kappa shape index (κ1) is 10.1. The number of phenolic OH excluding ortho intramolecular Hbond substituents is 1. The Hall–Kier alpha value is -1.48. The quantitative estimate of drug-likeness (QED) is 0.775. The number of phenols is 1. The zero-order chi connectivity index (χ0) is 10.8. The number of anilines is 1. The van der Waals surface area contributed by atoms with Gasteiger partial charge in [0.05, 0.1) is 0 Å². The van der Waals surface area contributed by atoms with Crippen molar-refractivity contribution in [2.45, 2.75) is 0 Å². The molecule has 0 aromatic heterocycles. The van der Waals surface area contributed by atoms with E-state index in [0.717, 1.165) is 15.6 Å². The Labute approximate surface area is 96.5 Å². The number of para-hydroxylation sites is 1.